The Kier molecular flexibility index (Phi) is 4.49. The molecule has 0 saturated carbocycles. The summed E-state index contributed by atoms with van der Waals surface area (Å²) in [5.74, 6) is 5.43. The second-order valence-corrected chi connectivity index (χ2v) is 5.99. The van der Waals surface area contributed by atoms with Crippen LogP contribution in [0, 0.1) is 17.7 Å². The molecule has 126 valence electrons. The SMILES string of the molecule is CC#Cc1c(F)c2cnc(N[C@@H]3CCOCC3=O)nn2c1C(C)C. The normalized spacial score (nSPS) is 17.9. The maximum atomic E-state index is 14.6. The third-order valence-corrected chi connectivity index (χ3v) is 3.94. The fourth-order valence-electron chi connectivity index (χ4n) is 2.82. The number of anilines is 1. The number of nitrogens with zero attached hydrogens (tertiary/aromatic N) is 3. The number of aromatic nitrogens is 3. The van der Waals surface area contributed by atoms with Crippen LogP contribution in [0.5, 0.6) is 0 Å². The van der Waals surface area contributed by atoms with Crippen LogP contribution in [0.1, 0.15) is 44.4 Å². The molecular formula is C17H19FN4O2. The van der Waals surface area contributed by atoms with Gasteiger partial charge in [0.1, 0.15) is 12.1 Å². The summed E-state index contributed by atoms with van der Waals surface area (Å²) in [4.78, 5) is 16.0. The van der Waals surface area contributed by atoms with E-state index in [1.807, 2.05) is 13.8 Å². The minimum atomic E-state index is -0.415. The van der Waals surface area contributed by atoms with Crippen molar-refractivity contribution < 1.29 is 13.9 Å². The van der Waals surface area contributed by atoms with E-state index >= 15 is 0 Å². The van der Waals surface area contributed by atoms with Crippen LogP contribution < -0.4 is 5.32 Å². The Bertz CT molecular complexity index is 848. The van der Waals surface area contributed by atoms with E-state index in [0.29, 0.717) is 24.3 Å². The number of hydrogen-bond donors (Lipinski definition) is 1. The highest BCUT2D eigenvalue weighted by Gasteiger charge is 2.25. The van der Waals surface area contributed by atoms with Gasteiger partial charge in [-0.15, -0.1) is 11.0 Å². The molecule has 1 aliphatic heterocycles. The molecule has 3 heterocycles. The Morgan fingerprint density at radius 3 is 2.96 bits per heavy atom. The van der Waals surface area contributed by atoms with Crippen molar-refractivity contribution in [2.24, 2.45) is 0 Å². The average Bonchev–Trinajstić information content (AvgIpc) is 2.82. The van der Waals surface area contributed by atoms with E-state index < -0.39 is 5.82 Å². The van der Waals surface area contributed by atoms with E-state index in [9.17, 15) is 9.18 Å². The second kappa shape index (κ2) is 6.57. The predicted molar refractivity (Wildman–Crippen MR) is 87.4 cm³/mol. The summed E-state index contributed by atoms with van der Waals surface area (Å²) >= 11 is 0. The standard InChI is InChI=1S/C17H19FN4O2/c1-4-5-11-15(18)13-8-19-17(21-22(13)16(11)10(2)3)20-12-6-7-24-9-14(12)23/h8,10,12H,6-7,9H2,1-3H3,(H,20,21)/t12-/m1/s1. The first-order valence-electron chi connectivity index (χ1n) is 7.89. The molecule has 0 radical (unpaired) electrons. The minimum absolute atomic E-state index is 0.0327. The molecule has 0 aliphatic carbocycles. The molecule has 2 aromatic rings. The summed E-state index contributed by atoms with van der Waals surface area (Å²) < 4.78 is 21.2. The maximum Gasteiger partial charge on any atom is 0.241 e. The van der Waals surface area contributed by atoms with Crippen LogP contribution >= 0.6 is 0 Å². The summed E-state index contributed by atoms with van der Waals surface area (Å²) in [6, 6.07) is -0.381. The Hall–Kier alpha value is -2.46. The number of Topliss-reactive ketones (excluding diaryl/α,β-unsaturated/α-hetero) is 1. The van der Waals surface area contributed by atoms with Crippen LogP contribution in [-0.4, -0.2) is 39.6 Å². The van der Waals surface area contributed by atoms with Crippen molar-refractivity contribution in [3.05, 3.63) is 23.3 Å². The van der Waals surface area contributed by atoms with Gasteiger partial charge in [-0.05, 0) is 19.3 Å². The maximum absolute atomic E-state index is 14.6. The lowest BCUT2D eigenvalue weighted by atomic mass is 10.1. The number of rotatable bonds is 3. The first-order valence-corrected chi connectivity index (χ1v) is 7.89. The molecule has 2 aromatic heterocycles. The predicted octanol–water partition coefficient (Wildman–Crippen LogP) is 2.13. The fraction of sp³-hybridized carbons (Fsp3) is 0.471. The molecule has 0 unspecified atom stereocenters. The summed E-state index contributed by atoms with van der Waals surface area (Å²) in [6.07, 6.45) is 1.98. The Morgan fingerprint density at radius 2 is 2.29 bits per heavy atom. The molecule has 0 amide bonds. The molecule has 0 spiro atoms. The highest BCUT2D eigenvalue weighted by atomic mass is 19.1. The molecule has 0 aromatic carbocycles. The van der Waals surface area contributed by atoms with Crippen molar-refractivity contribution in [2.75, 3.05) is 18.5 Å². The summed E-state index contributed by atoms with van der Waals surface area (Å²) in [6.45, 7) is 6.18. The minimum Gasteiger partial charge on any atom is -0.374 e. The number of fused-ring (bicyclic) bond motifs is 1. The van der Waals surface area contributed by atoms with Gasteiger partial charge >= 0.3 is 0 Å². The number of ketones is 1. The Labute approximate surface area is 139 Å². The number of hydrogen-bond acceptors (Lipinski definition) is 5. The lowest BCUT2D eigenvalue weighted by Crippen LogP contribution is -2.38. The highest BCUT2D eigenvalue weighted by molar-refractivity contribution is 5.87. The molecule has 0 bridgehead atoms. The molecule has 1 N–H and O–H groups in total. The number of halogens is 1. The van der Waals surface area contributed by atoms with Gasteiger partial charge < -0.3 is 10.1 Å². The van der Waals surface area contributed by atoms with Crippen molar-refractivity contribution in [3.8, 4) is 11.8 Å². The fourth-order valence-corrected chi connectivity index (χ4v) is 2.82. The lowest BCUT2D eigenvalue weighted by Gasteiger charge is -2.21. The van der Waals surface area contributed by atoms with Gasteiger partial charge in [0.2, 0.25) is 5.95 Å². The Morgan fingerprint density at radius 1 is 1.50 bits per heavy atom. The van der Waals surface area contributed by atoms with Crippen molar-refractivity contribution in [3.63, 3.8) is 0 Å². The highest BCUT2D eigenvalue weighted by Crippen LogP contribution is 2.27. The number of carbonyl (C=O) groups is 1. The quantitative estimate of drug-likeness (QED) is 0.873. The molecule has 3 rings (SSSR count). The van der Waals surface area contributed by atoms with E-state index in [2.05, 4.69) is 27.2 Å². The van der Waals surface area contributed by atoms with E-state index in [0.717, 1.165) is 0 Å². The van der Waals surface area contributed by atoms with Gasteiger partial charge in [0, 0.05) is 6.61 Å². The number of ether oxygens (including phenoxy) is 1. The zero-order valence-corrected chi connectivity index (χ0v) is 13.9. The van der Waals surface area contributed by atoms with Gasteiger partial charge in [0.05, 0.1) is 23.5 Å². The van der Waals surface area contributed by atoms with Crippen molar-refractivity contribution in [1.82, 2.24) is 14.6 Å². The largest absolute Gasteiger partial charge is 0.374 e. The number of nitrogens with one attached hydrogen (secondary N) is 1. The first-order chi connectivity index (χ1) is 11.5. The van der Waals surface area contributed by atoms with Crippen molar-refractivity contribution in [1.29, 1.82) is 0 Å². The van der Waals surface area contributed by atoms with E-state index in [4.69, 9.17) is 4.74 Å². The third kappa shape index (κ3) is 2.85. The zero-order valence-electron chi connectivity index (χ0n) is 13.9. The van der Waals surface area contributed by atoms with Crippen LogP contribution in [0.4, 0.5) is 10.3 Å². The molecule has 24 heavy (non-hydrogen) atoms. The van der Waals surface area contributed by atoms with Crippen LogP contribution in [-0.2, 0) is 9.53 Å². The van der Waals surface area contributed by atoms with Gasteiger partial charge in [0.25, 0.3) is 0 Å². The molecule has 1 fully saturated rings. The molecule has 6 nitrogen and oxygen atoms in total. The molecular weight excluding hydrogens is 311 g/mol. The monoisotopic (exact) mass is 330 g/mol. The van der Waals surface area contributed by atoms with Gasteiger partial charge in [0.15, 0.2) is 11.6 Å². The van der Waals surface area contributed by atoms with Gasteiger partial charge in [-0.3, -0.25) is 4.79 Å². The van der Waals surface area contributed by atoms with Crippen molar-refractivity contribution >= 4 is 17.2 Å². The van der Waals surface area contributed by atoms with Crippen LogP contribution in [0.2, 0.25) is 0 Å². The Balaban J connectivity index is 2.04. The van der Waals surface area contributed by atoms with Crippen LogP contribution in [0.25, 0.3) is 5.52 Å². The lowest BCUT2D eigenvalue weighted by molar-refractivity contribution is -0.128. The zero-order chi connectivity index (χ0) is 17.3. The van der Waals surface area contributed by atoms with E-state index in [1.54, 1.807) is 6.92 Å². The molecule has 1 saturated heterocycles. The smallest absolute Gasteiger partial charge is 0.241 e. The van der Waals surface area contributed by atoms with Crippen molar-refractivity contribution in [2.45, 2.75) is 39.2 Å². The summed E-state index contributed by atoms with van der Waals surface area (Å²) in [5.41, 5.74) is 1.32. The van der Waals surface area contributed by atoms with Gasteiger partial charge in [-0.25, -0.2) is 13.9 Å². The van der Waals surface area contributed by atoms with E-state index in [1.165, 1.54) is 10.7 Å². The number of carbonyl (C=O) groups excluding carboxylic acids is 1. The molecule has 1 aliphatic rings. The van der Waals surface area contributed by atoms with Gasteiger partial charge in [-0.1, -0.05) is 19.8 Å². The van der Waals surface area contributed by atoms with Gasteiger partial charge in [-0.2, -0.15) is 0 Å². The van der Waals surface area contributed by atoms with Crippen LogP contribution in [0.3, 0.4) is 0 Å². The molecule has 7 heteroatoms. The average molecular weight is 330 g/mol. The molecule has 1 atom stereocenters. The first kappa shape index (κ1) is 16.4. The second-order valence-electron chi connectivity index (χ2n) is 5.99. The third-order valence-electron chi connectivity index (χ3n) is 3.94. The topological polar surface area (TPSA) is 68.5 Å². The summed E-state index contributed by atoms with van der Waals surface area (Å²) in [7, 11) is 0. The van der Waals surface area contributed by atoms with E-state index in [-0.39, 0.29) is 35.8 Å². The summed E-state index contributed by atoms with van der Waals surface area (Å²) in [5, 5.41) is 7.40. The van der Waals surface area contributed by atoms with Crippen LogP contribution in [0.15, 0.2) is 6.20 Å².